The summed E-state index contributed by atoms with van der Waals surface area (Å²) >= 11 is 0. The van der Waals surface area contributed by atoms with E-state index >= 15 is 0 Å². The maximum absolute atomic E-state index is 11.9. The summed E-state index contributed by atoms with van der Waals surface area (Å²) in [4.78, 5) is 38.6. The summed E-state index contributed by atoms with van der Waals surface area (Å²) in [7, 11) is 0. The number of aliphatic hydroxyl groups is 1. The summed E-state index contributed by atoms with van der Waals surface area (Å²) in [5.41, 5.74) is -1.12. The van der Waals surface area contributed by atoms with Gasteiger partial charge in [0.2, 0.25) is 5.91 Å². The third kappa shape index (κ3) is 5.00. The second-order valence-electron chi connectivity index (χ2n) is 5.79. The molecule has 4 N–H and O–H groups in total. The lowest BCUT2D eigenvalue weighted by atomic mass is 9.85. The zero-order valence-corrected chi connectivity index (χ0v) is 11.9. The molecule has 1 aromatic heterocycles. The largest absolute Gasteiger partial charge is 0.396 e. The third-order valence-electron chi connectivity index (χ3n) is 2.97. The third-order valence-corrected chi connectivity index (χ3v) is 2.97. The lowest BCUT2D eigenvalue weighted by molar-refractivity contribution is -0.122. The predicted octanol–water partition coefficient (Wildman–Crippen LogP) is -0.481. The molecule has 0 aliphatic heterocycles. The van der Waals surface area contributed by atoms with Crippen LogP contribution in [0.5, 0.6) is 0 Å². The minimum atomic E-state index is -0.636. The molecule has 0 bridgehead atoms. The number of amides is 1. The van der Waals surface area contributed by atoms with Crippen molar-refractivity contribution in [2.45, 2.75) is 39.7 Å². The van der Waals surface area contributed by atoms with Gasteiger partial charge in [-0.3, -0.25) is 14.6 Å². The summed E-state index contributed by atoms with van der Waals surface area (Å²) in [6.07, 6.45) is 0.359. The van der Waals surface area contributed by atoms with Crippen LogP contribution in [0.4, 0.5) is 0 Å². The standard InChI is InChI=1S/C13H21N3O4/c1-13(2,3)9(4-5-17)15-10(18)6-8-7-11(19)16-12(20)14-8/h7,9,17H,4-6H2,1-3H3,(H,15,18)(H2,14,16,19,20). The number of hydrogen-bond acceptors (Lipinski definition) is 4. The van der Waals surface area contributed by atoms with Crippen LogP contribution in [0.2, 0.25) is 0 Å². The van der Waals surface area contributed by atoms with Crippen LogP contribution in [0.1, 0.15) is 32.9 Å². The number of rotatable bonds is 5. The van der Waals surface area contributed by atoms with Crippen LogP contribution in [0.3, 0.4) is 0 Å². The van der Waals surface area contributed by atoms with E-state index in [4.69, 9.17) is 5.11 Å². The average molecular weight is 283 g/mol. The minimum Gasteiger partial charge on any atom is -0.396 e. The summed E-state index contributed by atoms with van der Waals surface area (Å²) in [6.45, 7) is 5.86. The molecule has 1 aromatic rings. The van der Waals surface area contributed by atoms with Crippen LogP contribution in [-0.2, 0) is 11.2 Å². The predicted molar refractivity (Wildman–Crippen MR) is 74.5 cm³/mol. The Balaban J connectivity index is 2.75. The fraction of sp³-hybridized carbons (Fsp3) is 0.615. The molecule has 0 aliphatic rings. The Morgan fingerprint density at radius 3 is 2.50 bits per heavy atom. The molecular weight excluding hydrogens is 262 g/mol. The first-order chi connectivity index (χ1) is 9.22. The monoisotopic (exact) mass is 283 g/mol. The van der Waals surface area contributed by atoms with E-state index in [1.165, 1.54) is 6.07 Å². The molecule has 1 atom stereocenters. The van der Waals surface area contributed by atoms with Crippen LogP contribution in [0.25, 0.3) is 0 Å². The van der Waals surface area contributed by atoms with Gasteiger partial charge >= 0.3 is 5.69 Å². The highest BCUT2D eigenvalue weighted by Gasteiger charge is 2.25. The van der Waals surface area contributed by atoms with Gasteiger partial charge in [-0.25, -0.2) is 4.79 Å². The zero-order valence-electron chi connectivity index (χ0n) is 11.9. The molecule has 0 fully saturated rings. The Kier molecular flexibility index (Phi) is 5.26. The lowest BCUT2D eigenvalue weighted by Crippen LogP contribution is -2.45. The van der Waals surface area contributed by atoms with Crippen LogP contribution in [0, 0.1) is 5.41 Å². The van der Waals surface area contributed by atoms with Gasteiger partial charge in [-0.2, -0.15) is 0 Å². The van der Waals surface area contributed by atoms with Crippen LogP contribution in [-0.4, -0.2) is 33.6 Å². The highest BCUT2D eigenvalue weighted by Crippen LogP contribution is 2.21. The van der Waals surface area contributed by atoms with Crippen molar-refractivity contribution in [2.75, 3.05) is 6.61 Å². The average Bonchev–Trinajstić information content (AvgIpc) is 2.25. The van der Waals surface area contributed by atoms with Gasteiger partial charge < -0.3 is 15.4 Å². The van der Waals surface area contributed by atoms with E-state index in [1.807, 2.05) is 25.8 Å². The second-order valence-corrected chi connectivity index (χ2v) is 5.79. The van der Waals surface area contributed by atoms with Crippen molar-refractivity contribution in [1.29, 1.82) is 0 Å². The fourth-order valence-electron chi connectivity index (χ4n) is 1.88. The quantitative estimate of drug-likeness (QED) is 0.584. The maximum Gasteiger partial charge on any atom is 0.325 e. The number of aliphatic hydroxyl groups excluding tert-OH is 1. The molecule has 7 heteroatoms. The Labute approximate surface area is 116 Å². The number of H-pyrrole nitrogens is 2. The molecule has 7 nitrogen and oxygen atoms in total. The van der Waals surface area contributed by atoms with Gasteiger partial charge in [0.25, 0.3) is 5.56 Å². The van der Waals surface area contributed by atoms with Crippen molar-refractivity contribution in [3.8, 4) is 0 Å². The number of carbonyl (C=O) groups is 1. The first kappa shape index (κ1) is 16.2. The SMILES string of the molecule is CC(C)(C)C(CCO)NC(=O)Cc1cc(=O)[nH]c(=O)[nH]1. The van der Waals surface area contributed by atoms with Crippen molar-refractivity contribution in [3.05, 3.63) is 32.6 Å². The van der Waals surface area contributed by atoms with Gasteiger partial charge in [0.05, 0.1) is 6.42 Å². The molecule has 0 saturated carbocycles. The Bertz CT molecular complexity index is 540. The number of aromatic nitrogens is 2. The Morgan fingerprint density at radius 2 is 2.00 bits per heavy atom. The van der Waals surface area contributed by atoms with Crippen LogP contribution in [0.15, 0.2) is 15.7 Å². The second kappa shape index (κ2) is 6.51. The minimum absolute atomic E-state index is 0.0238. The van der Waals surface area contributed by atoms with Gasteiger partial charge in [-0.05, 0) is 11.8 Å². The molecule has 0 saturated heterocycles. The van der Waals surface area contributed by atoms with E-state index in [0.29, 0.717) is 6.42 Å². The van der Waals surface area contributed by atoms with Crippen LogP contribution < -0.4 is 16.6 Å². The molecule has 1 unspecified atom stereocenters. The molecule has 20 heavy (non-hydrogen) atoms. The Morgan fingerprint density at radius 1 is 1.35 bits per heavy atom. The van der Waals surface area contributed by atoms with Gasteiger partial charge in [-0.1, -0.05) is 20.8 Å². The first-order valence-electron chi connectivity index (χ1n) is 6.45. The first-order valence-corrected chi connectivity index (χ1v) is 6.45. The Hall–Kier alpha value is -1.89. The van der Waals surface area contributed by atoms with Gasteiger partial charge in [0.1, 0.15) is 0 Å². The number of carbonyl (C=O) groups excluding carboxylic acids is 1. The maximum atomic E-state index is 11.9. The zero-order chi connectivity index (χ0) is 15.3. The van der Waals surface area contributed by atoms with E-state index in [0.717, 1.165) is 0 Å². The van der Waals surface area contributed by atoms with Crippen molar-refractivity contribution in [3.63, 3.8) is 0 Å². The fourth-order valence-corrected chi connectivity index (χ4v) is 1.88. The summed E-state index contributed by atoms with van der Waals surface area (Å²) in [6, 6.07) is 0.993. The molecule has 0 aliphatic carbocycles. The highest BCUT2D eigenvalue weighted by molar-refractivity contribution is 5.78. The molecule has 0 aromatic carbocycles. The molecule has 112 valence electrons. The molecule has 0 radical (unpaired) electrons. The van der Waals surface area contributed by atoms with E-state index in [9.17, 15) is 14.4 Å². The number of aromatic amines is 2. The summed E-state index contributed by atoms with van der Waals surface area (Å²) in [5, 5.41) is 11.8. The van der Waals surface area contributed by atoms with Crippen molar-refractivity contribution in [2.24, 2.45) is 5.41 Å². The molecular formula is C13H21N3O4. The summed E-state index contributed by atoms with van der Waals surface area (Å²) < 4.78 is 0. The highest BCUT2D eigenvalue weighted by atomic mass is 16.3. The van der Waals surface area contributed by atoms with Crippen molar-refractivity contribution < 1.29 is 9.90 Å². The lowest BCUT2D eigenvalue weighted by Gasteiger charge is -2.31. The van der Waals surface area contributed by atoms with Crippen molar-refractivity contribution >= 4 is 5.91 Å². The molecule has 0 spiro atoms. The normalized spacial score (nSPS) is 13.0. The smallest absolute Gasteiger partial charge is 0.325 e. The molecule has 1 heterocycles. The number of nitrogens with one attached hydrogen (secondary N) is 3. The van der Waals surface area contributed by atoms with Gasteiger partial charge in [0.15, 0.2) is 0 Å². The van der Waals surface area contributed by atoms with Crippen molar-refractivity contribution in [1.82, 2.24) is 15.3 Å². The van der Waals surface area contributed by atoms with Crippen LogP contribution >= 0.6 is 0 Å². The number of hydrogen-bond donors (Lipinski definition) is 4. The summed E-state index contributed by atoms with van der Waals surface area (Å²) in [5.74, 6) is -0.306. The molecule has 1 rings (SSSR count). The van der Waals surface area contributed by atoms with E-state index in [2.05, 4.69) is 10.3 Å². The molecule has 1 amide bonds. The van der Waals surface area contributed by atoms with E-state index in [1.54, 1.807) is 0 Å². The van der Waals surface area contributed by atoms with Gasteiger partial charge in [0, 0.05) is 24.4 Å². The topological polar surface area (TPSA) is 115 Å². The van der Waals surface area contributed by atoms with E-state index in [-0.39, 0.29) is 36.1 Å². The van der Waals surface area contributed by atoms with Gasteiger partial charge in [-0.15, -0.1) is 0 Å². The van der Waals surface area contributed by atoms with E-state index < -0.39 is 11.2 Å².